The average Bonchev–Trinajstić information content (AvgIpc) is 2.96. The lowest BCUT2D eigenvalue weighted by Crippen LogP contribution is -2.42. The number of carbonyl (C=O) groups is 2. The third-order valence-electron chi connectivity index (χ3n) is 5.04. The number of nitrogens with one attached hydrogen (secondary N) is 1. The van der Waals surface area contributed by atoms with Crippen molar-refractivity contribution in [3.63, 3.8) is 0 Å². The highest BCUT2D eigenvalue weighted by Crippen LogP contribution is 2.38. The molecule has 0 bridgehead atoms. The van der Waals surface area contributed by atoms with Gasteiger partial charge in [0.25, 0.3) is 0 Å². The van der Waals surface area contributed by atoms with Gasteiger partial charge in [0.15, 0.2) is 0 Å². The van der Waals surface area contributed by atoms with Crippen molar-refractivity contribution in [3.05, 3.63) is 47.9 Å². The minimum absolute atomic E-state index is 0.0209. The summed E-state index contributed by atoms with van der Waals surface area (Å²) in [5.41, 5.74) is 2.42. The molecule has 7 heteroatoms. The summed E-state index contributed by atoms with van der Waals surface area (Å²) in [6.45, 7) is 11.8. The second-order valence-electron chi connectivity index (χ2n) is 7.91. The van der Waals surface area contributed by atoms with Gasteiger partial charge in [-0.2, -0.15) is 0 Å². The fourth-order valence-corrected chi connectivity index (χ4v) is 3.36. The fraction of sp³-hybridized carbons (Fsp3) is 0.409. The summed E-state index contributed by atoms with van der Waals surface area (Å²) in [5.74, 6) is 1.17. The van der Waals surface area contributed by atoms with Crippen molar-refractivity contribution in [2.75, 3.05) is 23.4 Å². The molecule has 1 aliphatic heterocycles. The first kappa shape index (κ1) is 20.6. The lowest BCUT2D eigenvalue weighted by Gasteiger charge is -2.27. The first-order chi connectivity index (χ1) is 13.7. The molecule has 1 aromatic heterocycles. The SMILES string of the molecule is C=CCN1C(=O)C(C)(C)COc2cc(NC(=O)CCc3c(C)noc3C)ccc21. The Labute approximate surface area is 170 Å². The molecule has 154 valence electrons. The van der Waals surface area contributed by atoms with E-state index in [1.54, 1.807) is 29.2 Å². The predicted molar refractivity (Wildman–Crippen MR) is 111 cm³/mol. The van der Waals surface area contributed by atoms with E-state index in [-0.39, 0.29) is 18.4 Å². The van der Waals surface area contributed by atoms with E-state index in [0.29, 0.717) is 36.5 Å². The van der Waals surface area contributed by atoms with Crippen molar-refractivity contribution >= 4 is 23.2 Å². The van der Waals surface area contributed by atoms with Crippen LogP contribution in [0.3, 0.4) is 0 Å². The highest BCUT2D eigenvalue weighted by Gasteiger charge is 2.37. The van der Waals surface area contributed by atoms with Gasteiger partial charge in [-0.05, 0) is 46.2 Å². The van der Waals surface area contributed by atoms with Gasteiger partial charge in [-0.15, -0.1) is 6.58 Å². The van der Waals surface area contributed by atoms with Gasteiger partial charge in [-0.3, -0.25) is 9.59 Å². The Morgan fingerprint density at radius 2 is 2.14 bits per heavy atom. The Balaban J connectivity index is 1.74. The summed E-state index contributed by atoms with van der Waals surface area (Å²) in [4.78, 5) is 26.9. The van der Waals surface area contributed by atoms with Gasteiger partial charge in [0.2, 0.25) is 11.8 Å². The van der Waals surface area contributed by atoms with Crippen LogP contribution in [0.2, 0.25) is 0 Å². The van der Waals surface area contributed by atoms with E-state index in [4.69, 9.17) is 9.26 Å². The van der Waals surface area contributed by atoms with Gasteiger partial charge < -0.3 is 19.5 Å². The third kappa shape index (κ3) is 4.34. The maximum Gasteiger partial charge on any atom is 0.236 e. The Bertz CT molecular complexity index is 926. The molecule has 1 N–H and O–H groups in total. The number of benzene rings is 1. The number of carbonyl (C=O) groups excluding carboxylic acids is 2. The zero-order valence-corrected chi connectivity index (χ0v) is 17.4. The van der Waals surface area contributed by atoms with E-state index in [9.17, 15) is 9.59 Å². The monoisotopic (exact) mass is 397 g/mol. The first-order valence-corrected chi connectivity index (χ1v) is 9.64. The van der Waals surface area contributed by atoms with E-state index in [1.165, 1.54) is 0 Å². The number of anilines is 2. The normalized spacial score (nSPS) is 15.3. The third-order valence-corrected chi connectivity index (χ3v) is 5.04. The molecule has 0 radical (unpaired) electrons. The summed E-state index contributed by atoms with van der Waals surface area (Å²) in [6.07, 6.45) is 2.56. The minimum Gasteiger partial charge on any atom is -0.490 e. The molecule has 3 rings (SSSR count). The topological polar surface area (TPSA) is 84.7 Å². The molecule has 0 atom stereocenters. The van der Waals surface area contributed by atoms with Gasteiger partial charge in [0.1, 0.15) is 18.1 Å². The first-order valence-electron chi connectivity index (χ1n) is 9.64. The number of aryl methyl sites for hydroxylation is 2. The van der Waals surface area contributed by atoms with Crippen molar-refractivity contribution in [1.82, 2.24) is 5.16 Å². The predicted octanol–water partition coefficient (Wildman–Crippen LogP) is 3.80. The zero-order chi connectivity index (χ0) is 21.2. The number of nitrogens with zero attached hydrogens (tertiary/aromatic N) is 2. The average molecular weight is 397 g/mol. The molecule has 7 nitrogen and oxygen atoms in total. The van der Waals surface area contributed by atoms with Crippen LogP contribution in [0.15, 0.2) is 35.4 Å². The van der Waals surface area contributed by atoms with Crippen LogP contribution in [0.5, 0.6) is 5.75 Å². The Morgan fingerprint density at radius 3 is 2.79 bits per heavy atom. The number of ether oxygens (including phenoxy) is 1. The molecule has 0 fully saturated rings. The molecule has 2 heterocycles. The van der Waals surface area contributed by atoms with Gasteiger partial charge in [-0.25, -0.2) is 0 Å². The second-order valence-corrected chi connectivity index (χ2v) is 7.91. The van der Waals surface area contributed by atoms with Crippen molar-refractivity contribution in [3.8, 4) is 5.75 Å². The molecule has 1 aliphatic rings. The molecule has 0 aliphatic carbocycles. The maximum atomic E-state index is 12.9. The minimum atomic E-state index is -0.653. The Hall–Kier alpha value is -3.09. The number of hydrogen-bond acceptors (Lipinski definition) is 5. The van der Waals surface area contributed by atoms with Crippen molar-refractivity contribution in [2.45, 2.75) is 40.5 Å². The van der Waals surface area contributed by atoms with E-state index in [0.717, 1.165) is 17.0 Å². The zero-order valence-electron chi connectivity index (χ0n) is 17.4. The maximum absolute atomic E-state index is 12.9. The van der Waals surface area contributed by atoms with Crippen LogP contribution in [0.4, 0.5) is 11.4 Å². The van der Waals surface area contributed by atoms with Crippen molar-refractivity contribution in [2.24, 2.45) is 5.41 Å². The lowest BCUT2D eigenvalue weighted by molar-refractivity contribution is -0.127. The van der Waals surface area contributed by atoms with E-state index >= 15 is 0 Å². The smallest absolute Gasteiger partial charge is 0.236 e. The molecule has 0 spiro atoms. The van der Waals surface area contributed by atoms with Gasteiger partial charge in [0.05, 0.1) is 16.8 Å². The van der Waals surface area contributed by atoms with Crippen LogP contribution in [-0.2, 0) is 16.0 Å². The van der Waals surface area contributed by atoms with Crippen LogP contribution in [0, 0.1) is 19.3 Å². The van der Waals surface area contributed by atoms with Crippen LogP contribution in [0.1, 0.15) is 37.3 Å². The van der Waals surface area contributed by atoms with Gasteiger partial charge in [-0.1, -0.05) is 11.2 Å². The molecule has 2 amide bonds. The molecule has 1 aromatic carbocycles. The summed E-state index contributed by atoms with van der Waals surface area (Å²) < 4.78 is 11.1. The highest BCUT2D eigenvalue weighted by molar-refractivity contribution is 6.00. The summed E-state index contributed by atoms with van der Waals surface area (Å²) in [5, 5.41) is 6.81. The summed E-state index contributed by atoms with van der Waals surface area (Å²) in [7, 11) is 0. The number of rotatable bonds is 6. The molecule has 0 saturated carbocycles. The summed E-state index contributed by atoms with van der Waals surface area (Å²) in [6, 6.07) is 5.33. The summed E-state index contributed by atoms with van der Waals surface area (Å²) >= 11 is 0. The number of amides is 2. The fourth-order valence-electron chi connectivity index (χ4n) is 3.36. The molecule has 29 heavy (non-hydrogen) atoms. The number of fused-ring (bicyclic) bond motifs is 1. The molecule has 0 saturated heterocycles. The molecular weight excluding hydrogens is 370 g/mol. The highest BCUT2D eigenvalue weighted by atomic mass is 16.5. The van der Waals surface area contributed by atoms with Crippen molar-refractivity contribution < 1.29 is 18.8 Å². The quantitative estimate of drug-likeness (QED) is 0.750. The second kappa shape index (κ2) is 8.11. The molecule has 2 aromatic rings. The number of hydrogen-bond donors (Lipinski definition) is 1. The largest absolute Gasteiger partial charge is 0.490 e. The van der Waals surface area contributed by atoms with E-state index in [2.05, 4.69) is 17.1 Å². The Morgan fingerprint density at radius 1 is 1.38 bits per heavy atom. The number of aromatic nitrogens is 1. The molecular formula is C22H27N3O4. The van der Waals surface area contributed by atoms with E-state index in [1.807, 2.05) is 27.7 Å². The Kier molecular flexibility index (Phi) is 5.77. The van der Waals surface area contributed by atoms with Crippen LogP contribution >= 0.6 is 0 Å². The van der Waals surface area contributed by atoms with Gasteiger partial charge >= 0.3 is 0 Å². The van der Waals surface area contributed by atoms with Crippen LogP contribution < -0.4 is 15.0 Å². The van der Waals surface area contributed by atoms with Crippen LogP contribution in [-0.4, -0.2) is 30.1 Å². The van der Waals surface area contributed by atoms with E-state index < -0.39 is 5.41 Å². The van der Waals surface area contributed by atoms with Crippen LogP contribution in [0.25, 0.3) is 0 Å². The standard InChI is InChI=1S/C22H27N3O4/c1-6-11-25-18-9-7-16(12-19(18)28-13-22(4,5)21(25)27)23-20(26)10-8-17-14(2)24-29-15(17)3/h6-7,9,12H,1,8,10-11,13H2,2-5H3,(H,23,26). The van der Waals surface area contributed by atoms with Crippen molar-refractivity contribution in [1.29, 1.82) is 0 Å². The lowest BCUT2D eigenvalue weighted by atomic mass is 9.93. The molecule has 0 unspecified atom stereocenters. The van der Waals surface area contributed by atoms with Gasteiger partial charge in [0, 0.05) is 30.3 Å².